The molecule has 11 nitrogen and oxygen atoms in total. The van der Waals surface area contributed by atoms with Crippen molar-refractivity contribution in [3.8, 4) is 11.5 Å². The largest absolute Gasteiger partial charge is 0.462 e. The molecule has 0 aliphatic carbocycles. The lowest BCUT2D eigenvalue weighted by atomic mass is 9.98. The van der Waals surface area contributed by atoms with Crippen molar-refractivity contribution in [1.29, 1.82) is 0 Å². The van der Waals surface area contributed by atoms with Gasteiger partial charge in [-0.3, -0.25) is 9.10 Å². The van der Waals surface area contributed by atoms with Crippen molar-refractivity contribution in [2.75, 3.05) is 61.8 Å². The number of hydrogen-bond donors (Lipinski definition) is 2. The Morgan fingerprint density at radius 1 is 0.976 bits per heavy atom. The van der Waals surface area contributed by atoms with Crippen molar-refractivity contribution in [1.82, 2.24) is 4.90 Å². The predicted octanol–water partition coefficient (Wildman–Crippen LogP) is 3.85. The lowest BCUT2D eigenvalue weighted by molar-refractivity contribution is -0.110. The number of carbonyl (C=O) groups excluding carboxylic acids is 2. The van der Waals surface area contributed by atoms with Crippen LogP contribution in [0.15, 0.2) is 60.7 Å². The highest BCUT2D eigenvalue weighted by Gasteiger charge is 2.30. The molecule has 2 aliphatic heterocycles. The topological polar surface area (TPSA) is 127 Å². The number of ether oxygens (including phenoxy) is 3. The number of benzene rings is 3. The number of sulfonamides is 1. The van der Waals surface area contributed by atoms with Gasteiger partial charge in [-0.15, -0.1) is 0 Å². The number of nitrogens with zero attached hydrogens (tertiary/aromatic N) is 2. The normalized spacial score (nSPS) is 14.8. The molecule has 0 spiro atoms. The fourth-order valence-electron chi connectivity index (χ4n) is 4.73. The van der Waals surface area contributed by atoms with Gasteiger partial charge in [-0.05, 0) is 75.6 Å². The van der Waals surface area contributed by atoms with Crippen LogP contribution in [-0.4, -0.2) is 72.0 Å². The third-order valence-corrected chi connectivity index (χ3v) is 7.96. The lowest BCUT2D eigenvalue weighted by Crippen LogP contribution is -2.35. The summed E-state index contributed by atoms with van der Waals surface area (Å²) in [5.74, 6) is 0.315. The zero-order chi connectivity index (χ0) is 30.0. The molecule has 3 aromatic carbocycles. The van der Waals surface area contributed by atoms with Crippen molar-refractivity contribution in [2.24, 2.45) is 0 Å². The molecule has 2 N–H and O–H groups in total. The first-order valence-corrected chi connectivity index (χ1v) is 15.2. The van der Waals surface area contributed by atoms with E-state index in [1.165, 1.54) is 10.6 Å². The smallest absolute Gasteiger partial charge is 0.338 e. The maximum Gasteiger partial charge on any atom is 0.338 e. The van der Waals surface area contributed by atoms with E-state index in [4.69, 9.17) is 14.2 Å². The third-order valence-electron chi connectivity index (χ3n) is 6.76. The van der Waals surface area contributed by atoms with E-state index in [1.54, 1.807) is 61.5 Å². The van der Waals surface area contributed by atoms with E-state index in [9.17, 15) is 18.0 Å². The van der Waals surface area contributed by atoms with Crippen LogP contribution >= 0.6 is 0 Å². The molecule has 3 aromatic rings. The molecule has 0 fully saturated rings. The third kappa shape index (κ3) is 6.04. The van der Waals surface area contributed by atoms with E-state index < -0.39 is 16.0 Å². The van der Waals surface area contributed by atoms with Crippen LogP contribution in [0.5, 0.6) is 11.5 Å². The first kappa shape index (κ1) is 29.0. The first-order valence-electron chi connectivity index (χ1n) is 13.3. The van der Waals surface area contributed by atoms with E-state index in [0.717, 1.165) is 0 Å². The van der Waals surface area contributed by atoms with Gasteiger partial charge in [0.15, 0.2) is 11.5 Å². The van der Waals surface area contributed by atoms with Gasteiger partial charge in [0.25, 0.3) is 5.91 Å². The van der Waals surface area contributed by atoms with Gasteiger partial charge < -0.3 is 29.7 Å². The summed E-state index contributed by atoms with van der Waals surface area (Å²) < 4.78 is 42.5. The standard InChI is InChI=1S/C30H32N4O7S/c1-5-39-30(36)20-6-12-23-24(16-20)32-29(35)27(23)28(19-7-13-25-26(17-19)41-18-40-25)31-21-8-10-22(11-9-21)34(42(4,37)38)15-14-33(2)3/h6-13,16-17,31H,5,14-15,18H2,1-4H3,(H,32,35). The number of rotatable bonds is 10. The van der Waals surface area contributed by atoms with Gasteiger partial charge >= 0.3 is 5.97 Å². The summed E-state index contributed by atoms with van der Waals surface area (Å²) in [6, 6.07) is 17.3. The second kappa shape index (κ2) is 11.7. The molecule has 2 heterocycles. The molecule has 2 aliphatic rings. The van der Waals surface area contributed by atoms with Gasteiger partial charge in [0.05, 0.1) is 41.1 Å². The SMILES string of the molecule is CCOC(=O)c1ccc2c(c1)NC(=O)C2=C(Nc1ccc(N(CCN(C)C)S(C)(=O)=O)cc1)c1ccc2c(c1)OCO2. The number of hydrogen-bond acceptors (Lipinski definition) is 9. The molecule has 0 aromatic heterocycles. The minimum Gasteiger partial charge on any atom is -0.462 e. The Morgan fingerprint density at radius 2 is 1.69 bits per heavy atom. The van der Waals surface area contributed by atoms with Crippen LogP contribution < -0.4 is 24.4 Å². The number of fused-ring (bicyclic) bond motifs is 2. The van der Waals surface area contributed by atoms with Gasteiger partial charge in [-0.2, -0.15) is 0 Å². The van der Waals surface area contributed by atoms with Crippen LogP contribution in [0.25, 0.3) is 11.3 Å². The minimum atomic E-state index is -3.50. The molecule has 12 heteroatoms. The summed E-state index contributed by atoms with van der Waals surface area (Å²) in [6.45, 7) is 2.92. The van der Waals surface area contributed by atoms with Crippen molar-refractivity contribution >= 4 is 50.2 Å². The van der Waals surface area contributed by atoms with Gasteiger partial charge in [-0.1, -0.05) is 6.07 Å². The zero-order valence-electron chi connectivity index (χ0n) is 23.8. The Hall–Kier alpha value is -4.55. The van der Waals surface area contributed by atoms with E-state index in [2.05, 4.69) is 10.6 Å². The van der Waals surface area contributed by atoms with Gasteiger partial charge in [0, 0.05) is 29.9 Å². The van der Waals surface area contributed by atoms with Crippen LogP contribution in [-0.2, 0) is 19.6 Å². The maximum absolute atomic E-state index is 13.4. The van der Waals surface area contributed by atoms with E-state index in [0.29, 0.717) is 69.6 Å². The molecule has 0 saturated carbocycles. The highest BCUT2D eigenvalue weighted by Crippen LogP contribution is 2.41. The summed E-state index contributed by atoms with van der Waals surface area (Å²) in [6.07, 6.45) is 1.18. The summed E-state index contributed by atoms with van der Waals surface area (Å²) in [5.41, 5.74) is 4.11. The van der Waals surface area contributed by atoms with Crippen molar-refractivity contribution < 1.29 is 32.2 Å². The van der Waals surface area contributed by atoms with Crippen molar-refractivity contribution in [3.05, 3.63) is 77.4 Å². The highest BCUT2D eigenvalue weighted by atomic mass is 32.2. The van der Waals surface area contributed by atoms with Gasteiger partial charge in [0.2, 0.25) is 16.8 Å². The Kier molecular flexibility index (Phi) is 8.10. The second-order valence-electron chi connectivity index (χ2n) is 10.1. The first-order chi connectivity index (χ1) is 20.0. The Bertz CT molecular complexity index is 1670. The Balaban J connectivity index is 1.55. The summed E-state index contributed by atoms with van der Waals surface area (Å²) in [7, 11) is 0.265. The van der Waals surface area contributed by atoms with Gasteiger partial charge in [-0.25, -0.2) is 13.2 Å². The van der Waals surface area contributed by atoms with Crippen molar-refractivity contribution in [2.45, 2.75) is 6.92 Å². The Labute approximate surface area is 244 Å². The summed E-state index contributed by atoms with van der Waals surface area (Å²) in [4.78, 5) is 27.6. The molecule has 1 amide bonds. The second-order valence-corrected chi connectivity index (χ2v) is 12.0. The molecular formula is C30H32N4O7S. The van der Waals surface area contributed by atoms with Crippen LogP contribution in [0.2, 0.25) is 0 Å². The molecule has 0 saturated heterocycles. The fourth-order valence-corrected chi connectivity index (χ4v) is 5.64. The molecular weight excluding hydrogens is 560 g/mol. The summed E-state index contributed by atoms with van der Waals surface area (Å²) >= 11 is 0. The van der Waals surface area contributed by atoms with Crippen LogP contribution in [0, 0.1) is 0 Å². The number of anilines is 3. The highest BCUT2D eigenvalue weighted by molar-refractivity contribution is 7.92. The average Bonchev–Trinajstić information content (AvgIpc) is 3.54. The number of amides is 1. The Morgan fingerprint density at radius 3 is 2.38 bits per heavy atom. The van der Waals surface area contributed by atoms with Gasteiger partial charge in [0.1, 0.15) is 0 Å². The molecule has 0 radical (unpaired) electrons. The molecule has 5 rings (SSSR count). The number of nitrogens with one attached hydrogen (secondary N) is 2. The van der Waals surface area contributed by atoms with E-state index in [1.807, 2.05) is 25.1 Å². The summed E-state index contributed by atoms with van der Waals surface area (Å²) in [5, 5.41) is 6.23. The number of carbonyl (C=O) groups is 2. The van der Waals surface area contributed by atoms with Crippen LogP contribution in [0.4, 0.5) is 17.1 Å². The van der Waals surface area contributed by atoms with E-state index >= 15 is 0 Å². The molecule has 220 valence electrons. The zero-order valence-corrected chi connectivity index (χ0v) is 24.6. The minimum absolute atomic E-state index is 0.101. The maximum atomic E-state index is 13.4. The quantitative estimate of drug-likeness (QED) is 0.267. The fraction of sp³-hybridized carbons (Fsp3) is 0.267. The molecule has 0 unspecified atom stereocenters. The average molecular weight is 593 g/mol. The molecule has 42 heavy (non-hydrogen) atoms. The molecule has 0 atom stereocenters. The molecule has 0 bridgehead atoms. The number of likely N-dealkylation sites (N-methyl/N-ethyl adjacent to an activating group) is 1. The van der Waals surface area contributed by atoms with Crippen LogP contribution in [0.3, 0.4) is 0 Å². The van der Waals surface area contributed by atoms with Crippen molar-refractivity contribution in [3.63, 3.8) is 0 Å². The van der Waals surface area contributed by atoms with Crippen LogP contribution in [0.1, 0.15) is 28.4 Å². The number of esters is 1. The lowest BCUT2D eigenvalue weighted by Gasteiger charge is -2.24. The monoisotopic (exact) mass is 592 g/mol. The predicted molar refractivity (Wildman–Crippen MR) is 161 cm³/mol. The van der Waals surface area contributed by atoms with E-state index in [-0.39, 0.29) is 19.3 Å².